The summed E-state index contributed by atoms with van der Waals surface area (Å²) < 4.78 is 0. The van der Waals surface area contributed by atoms with E-state index in [1.54, 1.807) is 6.07 Å². The van der Waals surface area contributed by atoms with Gasteiger partial charge in [0.1, 0.15) is 11.0 Å². The maximum atomic E-state index is 5.77. The Morgan fingerprint density at radius 2 is 2.21 bits per heavy atom. The average Bonchev–Trinajstić information content (AvgIpc) is 2.12. The Labute approximate surface area is 89.1 Å². The second-order valence-electron chi connectivity index (χ2n) is 3.18. The first-order valence-electron chi connectivity index (χ1n) is 4.64. The Hall–Kier alpha value is -1.03. The quantitative estimate of drug-likeness (QED) is 0.779. The summed E-state index contributed by atoms with van der Waals surface area (Å²) in [4.78, 5) is 9.92. The molecule has 0 saturated heterocycles. The molecule has 0 aliphatic heterocycles. The minimum atomic E-state index is 0.218. The molecule has 1 rings (SSSR count). The smallest absolute Gasteiger partial charge is 0.223 e. The van der Waals surface area contributed by atoms with Crippen molar-refractivity contribution in [1.29, 1.82) is 0 Å². The molecular formula is C9H15ClN4. The zero-order valence-corrected chi connectivity index (χ0v) is 9.25. The lowest BCUT2D eigenvalue weighted by Crippen LogP contribution is -2.20. The molecule has 2 N–H and O–H groups in total. The monoisotopic (exact) mass is 214 g/mol. The first-order chi connectivity index (χ1) is 6.63. The molecule has 1 aromatic rings. The van der Waals surface area contributed by atoms with Gasteiger partial charge in [-0.2, -0.15) is 4.98 Å². The largest absolute Gasteiger partial charge is 0.368 e. The number of rotatable bonds is 4. The summed E-state index contributed by atoms with van der Waals surface area (Å²) in [6, 6.07) is 1.72. The van der Waals surface area contributed by atoms with Crippen molar-refractivity contribution in [3.8, 4) is 0 Å². The van der Waals surface area contributed by atoms with E-state index in [1.807, 2.05) is 11.9 Å². The van der Waals surface area contributed by atoms with Crippen molar-refractivity contribution in [2.75, 3.05) is 24.2 Å². The van der Waals surface area contributed by atoms with Crippen molar-refractivity contribution in [2.24, 2.45) is 0 Å². The molecule has 4 nitrogen and oxygen atoms in total. The van der Waals surface area contributed by atoms with Gasteiger partial charge in [0.2, 0.25) is 5.95 Å². The molecule has 1 aromatic heterocycles. The van der Waals surface area contributed by atoms with E-state index in [1.165, 1.54) is 0 Å². The molecule has 0 amide bonds. The maximum absolute atomic E-state index is 5.77. The van der Waals surface area contributed by atoms with Gasteiger partial charge < -0.3 is 10.6 Å². The molecule has 0 aliphatic carbocycles. The summed E-state index contributed by atoms with van der Waals surface area (Å²) in [5, 5.41) is 0.385. The zero-order chi connectivity index (χ0) is 10.6. The van der Waals surface area contributed by atoms with Crippen LogP contribution < -0.4 is 10.6 Å². The highest BCUT2D eigenvalue weighted by Crippen LogP contribution is 2.15. The second kappa shape index (κ2) is 5.00. The van der Waals surface area contributed by atoms with Gasteiger partial charge in [0.05, 0.1) is 0 Å². The topological polar surface area (TPSA) is 55.0 Å². The number of hydrogen-bond donors (Lipinski definition) is 1. The van der Waals surface area contributed by atoms with Crippen molar-refractivity contribution < 1.29 is 0 Å². The van der Waals surface area contributed by atoms with Gasteiger partial charge in [-0.15, -0.1) is 0 Å². The highest BCUT2D eigenvalue weighted by atomic mass is 35.5. The van der Waals surface area contributed by atoms with Crippen LogP contribution in [0.25, 0.3) is 0 Å². The molecule has 0 bridgehead atoms. The minimum Gasteiger partial charge on any atom is -0.368 e. The van der Waals surface area contributed by atoms with Gasteiger partial charge in [-0.3, -0.25) is 0 Å². The fourth-order valence-electron chi connectivity index (χ4n) is 1.13. The molecule has 0 aliphatic rings. The molecule has 5 heteroatoms. The number of hydrogen-bond acceptors (Lipinski definition) is 4. The number of nitrogen functional groups attached to an aromatic ring is 1. The minimum absolute atomic E-state index is 0.218. The normalized spacial score (nSPS) is 10.2. The Morgan fingerprint density at radius 3 is 2.79 bits per heavy atom. The predicted octanol–water partition coefficient (Wildman–Crippen LogP) is 1.95. The van der Waals surface area contributed by atoms with E-state index in [-0.39, 0.29) is 5.95 Å². The van der Waals surface area contributed by atoms with Gasteiger partial charge in [-0.25, -0.2) is 4.98 Å². The molecule has 0 spiro atoms. The van der Waals surface area contributed by atoms with Crippen molar-refractivity contribution in [3.63, 3.8) is 0 Å². The molecule has 78 valence electrons. The van der Waals surface area contributed by atoms with Crippen molar-refractivity contribution in [2.45, 2.75) is 19.8 Å². The number of nitrogens with two attached hydrogens (primary N) is 1. The zero-order valence-electron chi connectivity index (χ0n) is 8.50. The number of unbranched alkanes of at least 4 members (excludes halogenated alkanes) is 1. The van der Waals surface area contributed by atoms with E-state index in [9.17, 15) is 0 Å². The first kappa shape index (κ1) is 11.0. The van der Waals surface area contributed by atoms with Crippen LogP contribution in [0.5, 0.6) is 0 Å². The summed E-state index contributed by atoms with van der Waals surface area (Å²) in [5.41, 5.74) is 5.49. The number of nitrogens with zero attached hydrogens (tertiary/aromatic N) is 3. The van der Waals surface area contributed by atoms with Crippen LogP contribution in [0.1, 0.15) is 19.8 Å². The van der Waals surface area contributed by atoms with Crippen LogP contribution in [0.2, 0.25) is 5.15 Å². The van der Waals surface area contributed by atoms with Gasteiger partial charge in [0.15, 0.2) is 0 Å². The number of aromatic nitrogens is 2. The molecule has 0 fully saturated rings. The Balaban J connectivity index is 2.73. The van der Waals surface area contributed by atoms with Gasteiger partial charge >= 0.3 is 0 Å². The van der Waals surface area contributed by atoms with Crippen LogP contribution in [-0.4, -0.2) is 23.6 Å². The Bertz CT molecular complexity index is 283. The maximum Gasteiger partial charge on any atom is 0.223 e. The number of anilines is 2. The predicted molar refractivity (Wildman–Crippen MR) is 59.6 cm³/mol. The third kappa shape index (κ3) is 3.03. The van der Waals surface area contributed by atoms with Gasteiger partial charge in [0.25, 0.3) is 0 Å². The van der Waals surface area contributed by atoms with Crippen LogP contribution in [0.3, 0.4) is 0 Å². The number of halogens is 1. The van der Waals surface area contributed by atoms with Crippen LogP contribution in [0.4, 0.5) is 11.8 Å². The van der Waals surface area contributed by atoms with Crippen LogP contribution in [-0.2, 0) is 0 Å². The fourth-order valence-corrected chi connectivity index (χ4v) is 1.31. The first-order valence-corrected chi connectivity index (χ1v) is 5.02. The van der Waals surface area contributed by atoms with E-state index >= 15 is 0 Å². The molecule has 1 heterocycles. The molecule has 14 heavy (non-hydrogen) atoms. The molecule has 0 unspecified atom stereocenters. The van der Waals surface area contributed by atoms with E-state index in [0.29, 0.717) is 5.15 Å². The average molecular weight is 215 g/mol. The second-order valence-corrected chi connectivity index (χ2v) is 3.57. The van der Waals surface area contributed by atoms with Crippen LogP contribution in [0.15, 0.2) is 6.07 Å². The standard InChI is InChI=1S/C9H15ClN4/c1-3-4-5-14(2)8-6-7(10)12-9(11)13-8/h6H,3-5H2,1-2H3,(H2,11,12,13). The van der Waals surface area contributed by atoms with Gasteiger partial charge in [-0.1, -0.05) is 24.9 Å². The lowest BCUT2D eigenvalue weighted by atomic mass is 10.3. The van der Waals surface area contributed by atoms with Gasteiger partial charge in [-0.05, 0) is 6.42 Å². The summed E-state index contributed by atoms with van der Waals surface area (Å²) in [5.74, 6) is 0.992. The van der Waals surface area contributed by atoms with E-state index in [0.717, 1.165) is 25.2 Å². The van der Waals surface area contributed by atoms with Crippen molar-refractivity contribution >= 4 is 23.4 Å². The molecular weight excluding hydrogens is 200 g/mol. The lowest BCUT2D eigenvalue weighted by molar-refractivity contribution is 0.759. The van der Waals surface area contributed by atoms with Crippen LogP contribution >= 0.6 is 11.6 Å². The molecule has 0 radical (unpaired) electrons. The third-order valence-corrected chi connectivity index (χ3v) is 2.13. The summed E-state index contributed by atoms with van der Waals surface area (Å²) in [6.45, 7) is 3.10. The molecule has 0 aromatic carbocycles. The summed E-state index contributed by atoms with van der Waals surface area (Å²) in [7, 11) is 1.97. The van der Waals surface area contributed by atoms with Crippen LogP contribution in [0, 0.1) is 0 Å². The van der Waals surface area contributed by atoms with E-state index in [4.69, 9.17) is 17.3 Å². The SMILES string of the molecule is CCCCN(C)c1cc(Cl)nc(N)n1. The molecule has 0 atom stereocenters. The fraction of sp³-hybridized carbons (Fsp3) is 0.556. The molecule has 0 saturated carbocycles. The van der Waals surface area contributed by atoms with E-state index in [2.05, 4.69) is 16.9 Å². The van der Waals surface area contributed by atoms with Crippen molar-refractivity contribution in [3.05, 3.63) is 11.2 Å². The summed E-state index contributed by atoms with van der Waals surface area (Å²) in [6.07, 6.45) is 2.27. The van der Waals surface area contributed by atoms with Gasteiger partial charge in [0, 0.05) is 19.7 Å². The lowest BCUT2D eigenvalue weighted by Gasteiger charge is -2.17. The highest BCUT2D eigenvalue weighted by molar-refractivity contribution is 6.29. The third-order valence-electron chi connectivity index (χ3n) is 1.94. The Kier molecular flexibility index (Phi) is 3.95. The van der Waals surface area contributed by atoms with E-state index < -0.39 is 0 Å². The van der Waals surface area contributed by atoms with Crippen molar-refractivity contribution in [1.82, 2.24) is 9.97 Å². The summed E-state index contributed by atoms with van der Waals surface area (Å²) >= 11 is 5.77. The Morgan fingerprint density at radius 1 is 1.50 bits per heavy atom. The highest BCUT2D eigenvalue weighted by Gasteiger charge is 2.04.